The summed E-state index contributed by atoms with van der Waals surface area (Å²) in [5.41, 5.74) is 1.14. The van der Waals surface area contributed by atoms with Crippen LogP contribution in [0.25, 0.3) is 0 Å². The maximum atomic E-state index is 11.4. The van der Waals surface area contributed by atoms with Crippen molar-refractivity contribution < 1.29 is 0 Å². The average molecular weight is 237 g/mol. The summed E-state index contributed by atoms with van der Waals surface area (Å²) in [5.74, 6) is 0.646. The summed E-state index contributed by atoms with van der Waals surface area (Å²) in [6.07, 6.45) is 5.57. The van der Waals surface area contributed by atoms with E-state index in [1.807, 2.05) is 19.2 Å². The fraction of sp³-hybridized carbons (Fsp3) is 0.667. The molecule has 0 radical (unpaired) electrons. The van der Waals surface area contributed by atoms with Crippen molar-refractivity contribution in [1.29, 1.82) is 0 Å². The van der Waals surface area contributed by atoms with Gasteiger partial charge in [-0.15, -0.1) is 0 Å². The van der Waals surface area contributed by atoms with Gasteiger partial charge in [-0.1, -0.05) is 40.5 Å². The van der Waals surface area contributed by atoms with Gasteiger partial charge >= 0.3 is 0 Å². The van der Waals surface area contributed by atoms with Gasteiger partial charge in [0.25, 0.3) is 5.56 Å². The van der Waals surface area contributed by atoms with Crippen LogP contribution in [0, 0.1) is 12.8 Å². The van der Waals surface area contributed by atoms with Crippen molar-refractivity contribution in [3.05, 3.63) is 34.2 Å². The number of unbranched alkanes of at least 4 members (excludes halogenated alkanes) is 1. The lowest BCUT2D eigenvalue weighted by Gasteiger charge is -2.07. The lowest BCUT2D eigenvalue weighted by atomic mass is 10.1. The van der Waals surface area contributed by atoms with Gasteiger partial charge < -0.3 is 4.57 Å². The second kappa shape index (κ2) is 9.03. The van der Waals surface area contributed by atoms with Gasteiger partial charge in [-0.05, 0) is 30.9 Å². The van der Waals surface area contributed by atoms with E-state index in [1.54, 1.807) is 10.6 Å². The third-order valence-corrected chi connectivity index (χ3v) is 2.60. The Morgan fingerprint density at radius 3 is 2.24 bits per heavy atom. The highest BCUT2D eigenvalue weighted by Crippen LogP contribution is 2.01. The van der Waals surface area contributed by atoms with Gasteiger partial charge in [0.15, 0.2) is 0 Å². The highest BCUT2D eigenvalue weighted by Gasteiger charge is 1.97. The van der Waals surface area contributed by atoms with Gasteiger partial charge in [-0.3, -0.25) is 4.79 Å². The summed E-state index contributed by atoms with van der Waals surface area (Å²) in [7, 11) is 0. The molecule has 0 bridgehead atoms. The Hall–Kier alpha value is -1.05. The predicted molar refractivity (Wildman–Crippen MR) is 75.5 cm³/mol. The van der Waals surface area contributed by atoms with Gasteiger partial charge in [0, 0.05) is 18.8 Å². The number of hydrogen-bond donors (Lipinski definition) is 0. The van der Waals surface area contributed by atoms with Crippen LogP contribution >= 0.6 is 0 Å². The topological polar surface area (TPSA) is 22.0 Å². The zero-order valence-corrected chi connectivity index (χ0v) is 12.0. The molecule has 1 aromatic rings. The number of hydrogen-bond acceptors (Lipinski definition) is 1. The number of nitrogens with zero attached hydrogens (tertiary/aromatic N) is 1. The lowest BCUT2D eigenvalue weighted by molar-refractivity contribution is 0.507. The van der Waals surface area contributed by atoms with Crippen molar-refractivity contribution in [2.75, 3.05) is 0 Å². The van der Waals surface area contributed by atoms with Crippen LogP contribution in [0.2, 0.25) is 0 Å². The normalized spacial score (nSPS) is 10.0. The molecule has 0 N–H and O–H groups in total. The first-order chi connectivity index (χ1) is 8.01. The third-order valence-electron chi connectivity index (χ3n) is 2.60. The summed E-state index contributed by atoms with van der Waals surface area (Å²) >= 11 is 0. The van der Waals surface area contributed by atoms with E-state index in [0.717, 1.165) is 18.5 Å². The first-order valence-electron chi connectivity index (χ1n) is 6.68. The summed E-state index contributed by atoms with van der Waals surface area (Å²) in [6, 6.07) is 3.65. The van der Waals surface area contributed by atoms with Gasteiger partial charge in [-0.25, -0.2) is 0 Å². The van der Waals surface area contributed by atoms with Crippen LogP contribution in [-0.2, 0) is 6.54 Å². The molecule has 0 fully saturated rings. The van der Waals surface area contributed by atoms with Crippen molar-refractivity contribution >= 4 is 0 Å². The van der Waals surface area contributed by atoms with Gasteiger partial charge in [0.1, 0.15) is 0 Å². The molecule has 17 heavy (non-hydrogen) atoms. The molecule has 0 spiro atoms. The van der Waals surface area contributed by atoms with E-state index in [1.165, 1.54) is 12.8 Å². The molecule has 1 aromatic heterocycles. The summed E-state index contributed by atoms with van der Waals surface area (Å²) in [6.45, 7) is 11.5. The second-order valence-corrected chi connectivity index (χ2v) is 4.92. The molecule has 0 saturated heterocycles. The molecule has 0 aliphatic carbocycles. The molecular formula is C15H27NO. The number of aromatic nitrogens is 1. The van der Waals surface area contributed by atoms with Gasteiger partial charge in [-0.2, -0.15) is 0 Å². The largest absolute Gasteiger partial charge is 0.316 e. The molecule has 0 aliphatic heterocycles. The zero-order chi connectivity index (χ0) is 13.3. The van der Waals surface area contributed by atoms with Crippen molar-refractivity contribution in [1.82, 2.24) is 4.57 Å². The third kappa shape index (κ3) is 7.78. The zero-order valence-electron chi connectivity index (χ0n) is 12.0. The molecule has 1 heterocycles. The molecule has 2 heteroatoms. The van der Waals surface area contributed by atoms with Crippen molar-refractivity contribution in [3.8, 4) is 0 Å². The van der Waals surface area contributed by atoms with E-state index >= 15 is 0 Å². The lowest BCUT2D eigenvalue weighted by Crippen LogP contribution is -2.19. The molecule has 0 aromatic carbocycles. The maximum Gasteiger partial charge on any atom is 0.250 e. The van der Waals surface area contributed by atoms with Crippen LogP contribution in [0.5, 0.6) is 0 Å². The summed E-state index contributed by atoms with van der Waals surface area (Å²) in [5, 5.41) is 0. The number of pyridine rings is 1. The monoisotopic (exact) mass is 237 g/mol. The molecule has 98 valence electrons. The van der Waals surface area contributed by atoms with Crippen LogP contribution in [-0.4, -0.2) is 4.57 Å². The Morgan fingerprint density at radius 2 is 1.82 bits per heavy atom. The highest BCUT2D eigenvalue weighted by molar-refractivity contribution is 5.07. The van der Waals surface area contributed by atoms with Crippen molar-refractivity contribution in [2.45, 2.75) is 60.4 Å². The summed E-state index contributed by atoms with van der Waals surface area (Å²) < 4.78 is 1.77. The van der Waals surface area contributed by atoms with E-state index in [0.29, 0.717) is 5.92 Å². The molecule has 0 unspecified atom stereocenters. The molecule has 1 rings (SSSR count). The van der Waals surface area contributed by atoms with Crippen molar-refractivity contribution in [2.24, 2.45) is 5.92 Å². The minimum atomic E-state index is 0.112. The fourth-order valence-electron chi connectivity index (χ4n) is 1.19. The second-order valence-electron chi connectivity index (χ2n) is 4.92. The van der Waals surface area contributed by atoms with Crippen LogP contribution in [0.3, 0.4) is 0 Å². The fourth-order valence-corrected chi connectivity index (χ4v) is 1.19. The first-order valence-corrected chi connectivity index (χ1v) is 6.68. The Balaban J connectivity index is 0.000000557. The first kappa shape index (κ1) is 16.0. The van der Waals surface area contributed by atoms with Crippen molar-refractivity contribution in [3.63, 3.8) is 0 Å². The van der Waals surface area contributed by atoms with E-state index in [-0.39, 0.29) is 5.56 Å². The van der Waals surface area contributed by atoms with E-state index in [4.69, 9.17) is 0 Å². The smallest absolute Gasteiger partial charge is 0.250 e. The van der Waals surface area contributed by atoms with E-state index in [2.05, 4.69) is 27.7 Å². The van der Waals surface area contributed by atoms with Crippen LogP contribution in [0.4, 0.5) is 0 Å². The standard InChI is InChI=1S/C11H17NO.C4H10/c1-9(2)4-6-12-7-5-10(3)8-11(12)13;1-3-4-2/h5,7-9H,4,6H2,1-3H3;3-4H2,1-2H3. The van der Waals surface area contributed by atoms with Gasteiger partial charge in [0.2, 0.25) is 0 Å². The van der Waals surface area contributed by atoms with Crippen LogP contribution in [0.1, 0.15) is 52.5 Å². The Labute approximate surface area is 106 Å². The van der Waals surface area contributed by atoms with E-state index < -0.39 is 0 Å². The molecule has 0 amide bonds. The Kier molecular flexibility index (Phi) is 8.47. The Morgan fingerprint density at radius 1 is 1.24 bits per heavy atom. The number of rotatable bonds is 4. The van der Waals surface area contributed by atoms with E-state index in [9.17, 15) is 4.79 Å². The SMILES string of the molecule is CCCC.Cc1ccn(CCC(C)C)c(=O)c1. The quantitative estimate of drug-likeness (QED) is 0.775. The van der Waals surface area contributed by atoms with Crippen LogP contribution < -0.4 is 5.56 Å². The predicted octanol–water partition coefficient (Wildman–Crippen LogP) is 4.01. The number of aryl methyl sites for hydroxylation is 2. The minimum absolute atomic E-state index is 0.112. The average Bonchev–Trinajstić information content (AvgIpc) is 2.28. The maximum absolute atomic E-state index is 11.4. The molecule has 0 aliphatic rings. The van der Waals surface area contributed by atoms with Gasteiger partial charge in [0.05, 0.1) is 0 Å². The Bertz CT molecular complexity index is 350. The van der Waals surface area contributed by atoms with Crippen LogP contribution in [0.15, 0.2) is 23.1 Å². The molecular weight excluding hydrogens is 210 g/mol. The highest BCUT2D eigenvalue weighted by atomic mass is 16.1. The molecule has 2 nitrogen and oxygen atoms in total. The minimum Gasteiger partial charge on any atom is -0.316 e. The molecule has 0 atom stereocenters. The summed E-state index contributed by atoms with van der Waals surface area (Å²) in [4.78, 5) is 11.4. The molecule has 0 saturated carbocycles.